The number of nitrogens with zero attached hydrogens (tertiary/aromatic N) is 1. The smallest absolute Gasteiger partial charge is 0.258 e. The van der Waals surface area contributed by atoms with Crippen molar-refractivity contribution in [3.05, 3.63) is 91.3 Å². The molecule has 152 valence electrons. The third-order valence-electron chi connectivity index (χ3n) is 4.94. The zero-order valence-electron chi connectivity index (χ0n) is 16.2. The first-order chi connectivity index (χ1) is 14.5. The first-order valence-corrected chi connectivity index (χ1v) is 11.4. The van der Waals surface area contributed by atoms with E-state index in [1.165, 1.54) is 0 Å². The number of para-hydroxylation sites is 1. The zero-order valence-corrected chi connectivity index (χ0v) is 20.1. The second-order valence-electron chi connectivity index (χ2n) is 6.82. The maximum atomic E-state index is 12.9. The molecule has 0 radical (unpaired) electrons. The van der Waals surface area contributed by atoms with Crippen LogP contribution in [-0.4, -0.2) is 12.5 Å². The Bertz CT molecular complexity index is 1140. The summed E-state index contributed by atoms with van der Waals surface area (Å²) in [5.74, 6) is 0.704. The first kappa shape index (κ1) is 21.2. The molecule has 0 saturated heterocycles. The molecule has 0 saturated carbocycles. The monoisotopic (exact) mass is 545 g/mol. The molecule has 1 aliphatic heterocycles. The molecule has 0 aliphatic carbocycles. The number of fused-ring (bicyclic) bond motifs is 1. The number of benzene rings is 3. The Morgan fingerprint density at radius 3 is 2.40 bits per heavy atom. The van der Waals surface area contributed by atoms with Crippen molar-refractivity contribution >= 4 is 66.7 Å². The molecule has 30 heavy (non-hydrogen) atoms. The minimum absolute atomic E-state index is 0.0185. The minimum atomic E-state index is 0.0185. The molecule has 0 bridgehead atoms. The lowest BCUT2D eigenvalue weighted by Gasteiger charge is -2.13. The third kappa shape index (κ3) is 4.07. The summed E-state index contributed by atoms with van der Waals surface area (Å²) < 4.78 is 7.58. The number of ether oxygens (including phenoxy) is 1. The molecule has 0 N–H and O–H groups in total. The van der Waals surface area contributed by atoms with Crippen LogP contribution in [0.5, 0.6) is 5.75 Å². The summed E-state index contributed by atoms with van der Waals surface area (Å²) in [5, 5.41) is 0.671. The minimum Gasteiger partial charge on any atom is -0.486 e. The molecule has 3 nitrogen and oxygen atoms in total. The summed E-state index contributed by atoms with van der Waals surface area (Å²) in [7, 11) is 0. The summed E-state index contributed by atoms with van der Waals surface area (Å²) in [6.45, 7) is 2.97. The molecule has 0 fully saturated rings. The van der Waals surface area contributed by atoms with Crippen molar-refractivity contribution in [2.75, 3.05) is 11.4 Å². The third-order valence-corrected chi connectivity index (χ3v) is 6.49. The van der Waals surface area contributed by atoms with Crippen LogP contribution in [0, 0.1) is 0 Å². The highest BCUT2D eigenvalue weighted by molar-refractivity contribution is 9.11. The fraction of sp³-hybridized carbons (Fsp3) is 0.125. The van der Waals surface area contributed by atoms with E-state index in [0.717, 1.165) is 31.3 Å². The fourth-order valence-corrected chi connectivity index (χ4v) is 5.13. The average molecular weight is 548 g/mol. The van der Waals surface area contributed by atoms with Gasteiger partial charge < -0.3 is 9.64 Å². The van der Waals surface area contributed by atoms with E-state index in [2.05, 4.69) is 31.9 Å². The van der Waals surface area contributed by atoms with Crippen LogP contribution in [-0.2, 0) is 11.4 Å². The van der Waals surface area contributed by atoms with Crippen LogP contribution < -0.4 is 9.64 Å². The number of amides is 1. The van der Waals surface area contributed by atoms with Crippen LogP contribution >= 0.6 is 43.5 Å². The normalized spacial score (nSPS) is 14.3. The predicted molar refractivity (Wildman–Crippen MR) is 130 cm³/mol. The second kappa shape index (κ2) is 8.96. The Kier molecular flexibility index (Phi) is 6.32. The summed E-state index contributed by atoms with van der Waals surface area (Å²) in [5.41, 5.74) is 4.41. The molecule has 3 aromatic carbocycles. The first-order valence-electron chi connectivity index (χ1n) is 9.47. The van der Waals surface area contributed by atoms with Crippen LogP contribution in [0.4, 0.5) is 5.69 Å². The molecule has 6 heteroatoms. The van der Waals surface area contributed by atoms with Gasteiger partial charge in [0.25, 0.3) is 5.91 Å². The number of hydrogen-bond donors (Lipinski definition) is 0. The lowest BCUT2D eigenvalue weighted by molar-refractivity contribution is -0.112. The van der Waals surface area contributed by atoms with Crippen molar-refractivity contribution in [1.82, 2.24) is 0 Å². The molecule has 1 heterocycles. The van der Waals surface area contributed by atoms with Crippen LogP contribution in [0.3, 0.4) is 0 Å². The number of halogens is 3. The van der Waals surface area contributed by atoms with Crippen molar-refractivity contribution < 1.29 is 9.53 Å². The molecular weight excluding hydrogens is 530 g/mol. The summed E-state index contributed by atoms with van der Waals surface area (Å²) in [6.07, 6.45) is 1.92. The number of carbonyl (C=O) groups excluding carboxylic acids is 1. The van der Waals surface area contributed by atoms with Gasteiger partial charge in [-0.25, -0.2) is 0 Å². The van der Waals surface area contributed by atoms with Crippen molar-refractivity contribution in [2.45, 2.75) is 13.5 Å². The van der Waals surface area contributed by atoms with Gasteiger partial charge in [0.15, 0.2) is 0 Å². The topological polar surface area (TPSA) is 29.5 Å². The number of carbonyl (C=O) groups is 1. The SMILES string of the molecule is CCN1C(=O)/C(=C\c2cc(Br)c(OCc3ccccc3Cl)c(Br)c2)c2ccccc21. The molecule has 0 spiro atoms. The molecule has 0 unspecified atom stereocenters. The van der Waals surface area contributed by atoms with Crippen LogP contribution in [0.1, 0.15) is 23.6 Å². The highest BCUT2D eigenvalue weighted by Crippen LogP contribution is 2.40. The maximum Gasteiger partial charge on any atom is 0.258 e. The summed E-state index contributed by atoms with van der Waals surface area (Å²) in [6, 6.07) is 19.4. The molecule has 1 amide bonds. The highest BCUT2D eigenvalue weighted by atomic mass is 79.9. The molecule has 0 aromatic heterocycles. The second-order valence-corrected chi connectivity index (χ2v) is 8.93. The van der Waals surface area contributed by atoms with Gasteiger partial charge in [0.05, 0.1) is 14.6 Å². The van der Waals surface area contributed by atoms with Crippen molar-refractivity contribution in [3.8, 4) is 5.75 Å². The van der Waals surface area contributed by atoms with E-state index in [4.69, 9.17) is 16.3 Å². The summed E-state index contributed by atoms with van der Waals surface area (Å²) >= 11 is 13.4. The number of rotatable bonds is 5. The van der Waals surface area contributed by atoms with Crippen molar-refractivity contribution in [3.63, 3.8) is 0 Å². The van der Waals surface area contributed by atoms with Crippen LogP contribution in [0.25, 0.3) is 11.6 Å². The Morgan fingerprint density at radius 1 is 1.03 bits per heavy atom. The van der Waals surface area contributed by atoms with E-state index in [-0.39, 0.29) is 5.91 Å². The Balaban J connectivity index is 1.64. The average Bonchev–Trinajstić information content (AvgIpc) is 2.99. The van der Waals surface area contributed by atoms with Gasteiger partial charge >= 0.3 is 0 Å². The molecule has 3 aromatic rings. The largest absolute Gasteiger partial charge is 0.486 e. The van der Waals surface area contributed by atoms with Gasteiger partial charge in [0.1, 0.15) is 12.4 Å². The lowest BCUT2D eigenvalue weighted by Crippen LogP contribution is -2.25. The number of likely N-dealkylation sites (N-methyl/N-ethyl adjacent to an activating group) is 1. The fourth-order valence-electron chi connectivity index (χ4n) is 3.49. The van der Waals surface area contributed by atoms with Gasteiger partial charge in [-0.05, 0) is 74.7 Å². The Labute approximate surface area is 197 Å². The zero-order chi connectivity index (χ0) is 21.3. The van der Waals surface area contributed by atoms with E-state index in [1.54, 1.807) is 4.90 Å². The quantitative estimate of drug-likeness (QED) is 0.313. The molecule has 4 rings (SSSR count). The van der Waals surface area contributed by atoms with E-state index in [0.29, 0.717) is 29.5 Å². The number of anilines is 1. The Hall–Kier alpha value is -2.08. The van der Waals surface area contributed by atoms with Gasteiger partial charge in [-0.1, -0.05) is 48.0 Å². The van der Waals surface area contributed by atoms with Crippen molar-refractivity contribution in [2.24, 2.45) is 0 Å². The molecule has 0 atom stereocenters. The lowest BCUT2D eigenvalue weighted by atomic mass is 10.0. The van der Waals surface area contributed by atoms with Crippen LogP contribution in [0.15, 0.2) is 69.6 Å². The standard InChI is InChI=1S/C24H18Br2ClNO2/c1-2-28-22-10-6-4-8-17(22)18(24(28)29)11-15-12-19(25)23(20(26)13-15)30-14-16-7-3-5-9-21(16)27/h3-13H,2,14H2,1H3/b18-11-. The van der Waals surface area contributed by atoms with E-state index in [1.807, 2.05) is 73.7 Å². The Morgan fingerprint density at radius 2 is 1.70 bits per heavy atom. The molecular formula is C24H18Br2ClNO2. The maximum absolute atomic E-state index is 12.9. The van der Waals surface area contributed by atoms with Gasteiger partial charge in [-0.2, -0.15) is 0 Å². The van der Waals surface area contributed by atoms with Crippen molar-refractivity contribution in [1.29, 1.82) is 0 Å². The van der Waals surface area contributed by atoms with E-state index in [9.17, 15) is 4.79 Å². The van der Waals surface area contributed by atoms with E-state index >= 15 is 0 Å². The van der Waals surface area contributed by atoms with Gasteiger partial charge in [-0.3, -0.25) is 4.79 Å². The van der Waals surface area contributed by atoms with Crippen LogP contribution in [0.2, 0.25) is 5.02 Å². The number of hydrogen-bond acceptors (Lipinski definition) is 2. The highest BCUT2D eigenvalue weighted by Gasteiger charge is 2.30. The van der Waals surface area contributed by atoms with Gasteiger partial charge in [-0.15, -0.1) is 0 Å². The van der Waals surface area contributed by atoms with Gasteiger partial charge in [0, 0.05) is 28.3 Å². The summed E-state index contributed by atoms with van der Waals surface area (Å²) in [4.78, 5) is 14.7. The predicted octanol–water partition coefficient (Wildman–Crippen LogP) is 7.35. The van der Waals surface area contributed by atoms with Gasteiger partial charge in [0.2, 0.25) is 0 Å². The van der Waals surface area contributed by atoms with E-state index < -0.39 is 0 Å². The molecule has 1 aliphatic rings.